The molecule has 16 heteroatoms. The Bertz CT molecular complexity index is 1360. The second kappa shape index (κ2) is 14.0. The molecule has 1 fully saturated rings. The third kappa shape index (κ3) is 8.59. The second-order valence-corrected chi connectivity index (χ2v) is 15.8. The first-order valence-corrected chi connectivity index (χ1v) is 16.9. The van der Waals surface area contributed by atoms with E-state index in [1.807, 2.05) is 6.07 Å². The predicted molar refractivity (Wildman–Crippen MR) is 163 cm³/mol. The number of carbonyl (C=O) groups is 2. The van der Waals surface area contributed by atoms with Crippen LogP contribution in [0.5, 0.6) is 0 Å². The van der Waals surface area contributed by atoms with Gasteiger partial charge in [-0.05, 0) is 18.2 Å². The molecule has 0 amide bonds. The molecule has 3 heterocycles. The molecule has 1 saturated heterocycles. The summed E-state index contributed by atoms with van der Waals surface area (Å²) in [6.45, 7) is 9.44. The number of fused-ring (bicyclic) bond motifs is 1. The van der Waals surface area contributed by atoms with Crippen LogP contribution in [0.4, 0.5) is 5.69 Å². The Balaban J connectivity index is 1.74. The fourth-order valence-corrected chi connectivity index (χ4v) is 6.87. The van der Waals surface area contributed by atoms with E-state index < -0.39 is 49.2 Å². The van der Waals surface area contributed by atoms with Crippen molar-refractivity contribution in [3.8, 4) is 6.07 Å². The highest BCUT2D eigenvalue weighted by atomic mass is 32.2. The third-order valence-corrected chi connectivity index (χ3v) is 10.3. The van der Waals surface area contributed by atoms with Gasteiger partial charge in [0.1, 0.15) is 31.0 Å². The summed E-state index contributed by atoms with van der Waals surface area (Å²) in [5.41, 5.74) is 3.94. The van der Waals surface area contributed by atoms with E-state index in [9.17, 15) is 29.6 Å². The Morgan fingerprint density at radius 2 is 1.63 bits per heavy atom. The van der Waals surface area contributed by atoms with Gasteiger partial charge in [0.2, 0.25) is 5.60 Å². The van der Waals surface area contributed by atoms with Crippen LogP contribution in [-0.4, -0.2) is 79.2 Å². The lowest BCUT2D eigenvalue weighted by Gasteiger charge is -2.26. The molecule has 1 aliphatic heterocycles. The van der Waals surface area contributed by atoms with Gasteiger partial charge in [-0.1, -0.05) is 65.1 Å². The molecule has 1 aliphatic rings. The molecule has 2 aromatic rings. The number of aromatic nitrogens is 2. The van der Waals surface area contributed by atoms with Gasteiger partial charge in [0.05, 0.1) is 30.1 Å². The van der Waals surface area contributed by atoms with Gasteiger partial charge in [-0.3, -0.25) is 23.2 Å². The SMILES string of the molecule is CC(C)(C)C(=O)SCCOP(=O)(OCCSC(=O)C(C)(C)C)OC[C@@]1(C#N)O[C@@H](c2ccc3c(N)ccnn23)[C@H](O)[C@@H]1O. The van der Waals surface area contributed by atoms with Crippen LogP contribution in [0.15, 0.2) is 24.4 Å². The zero-order valence-corrected chi connectivity index (χ0v) is 27.5. The quantitative estimate of drug-likeness (QED) is 0.220. The fraction of sp³-hybridized carbons (Fsp3) is 0.630. The van der Waals surface area contributed by atoms with Crippen molar-refractivity contribution in [2.75, 3.05) is 37.1 Å². The highest BCUT2D eigenvalue weighted by Gasteiger charge is 2.57. The van der Waals surface area contributed by atoms with Crippen LogP contribution in [0.1, 0.15) is 53.3 Å². The van der Waals surface area contributed by atoms with Gasteiger partial charge < -0.3 is 20.7 Å². The van der Waals surface area contributed by atoms with Crippen LogP contribution in [0.2, 0.25) is 0 Å². The number of rotatable bonds is 12. The van der Waals surface area contributed by atoms with E-state index in [-0.39, 0.29) is 35.0 Å². The summed E-state index contributed by atoms with van der Waals surface area (Å²) in [6, 6.07) is 6.69. The molecule has 0 bridgehead atoms. The molecule has 0 radical (unpaired) electrons. The number of hydrogen-bond donors (Lipinski definition) is 3. The number of phosphoric ester groups is 1. The standard InChI is InChI=1S/C27H39N4O9PS2/c1-25(2,3)23(34)42-13-11-37-41(36,38-12-14-43-24(35)26(4,5)6)39-16-27(15-28)22(33)20(32)21(40-27)19-8-7-18-17(29)9-10-30-31(18)19/h7-10,20-22,32-33H,11-14,16,29H2,1-6H3/t20-,21-,22-,27+/m0/s1. The molecule has 43 heavy (non-hydrogen) atoms. The Hall–Kier alpha value is -1.99. The fourth-order valence-electron chi connectivity index (χ4n) is 3.85. The van der Waals surface area contributed by atoms with E-state index >= 15 is 0 Å². The normalized spacial score (nSPS) is 23.0. The minimum atomic E-state index is -4.41. The highest BCUT2D eigenvalue weighted by Crippen LogP contribution is 2.52. The molecule has 0 saturated carbocycles. The molecule has 2 aromatic heterocycles. The summed E-state index contributed by atoms with van der Waals surface area (Å²) >= 11 is 1.99. The van der Waals surface area contributed by atoms with Crippen molar-refractivity contribution in [1.82, 2.24) is 9.61 Å². The minimum absolute atomic E-state index is 0.0926. The molecule has 4 atom stereocenters. The summed E-state index contributed by atoms with van der Waals surface area (Å²) in [4.78, 5) is 24.5. The summed E-state index contributed by atoms with van der Waals surface area (Å²) in [5, 5.41) is 35.9. The number of nitrogens with two attached hydrogens (primary N) is 1. The van der Waals surface area contributed by atoms with Crippen LogP contribution in [0.25, 0.3) is 5.52 Å². The number of nitriles is 1. The van der Waals surface area contributed by atoms with Crippen LogP contribution < -0.4 is 5.73 Å². The molecule has 3 rings (SSSR count). The topological polar surface area (TPSA) is 196 Å². The van der Waals surface area contributed by atoms with Gasteiger partial charge in [-0.25, -0.2) is 9.08 Å². The maximum Gasteiger partial charge on any atom is 0.474 e. The van der Waals surface area contributed by atoms with Crippen LogP contribution in [0.3, 0.4) is 0 Å². The van der Waals surface area contributed by atoms with E-state index in [1.54, 1.807) is 59.7 Å². The Labute approximate surface area is 259 Å². The van der Waals surface area contributed by atoms with Crippen molar-refractivity contribution in [3.05, 3.63) is 30.1 Å². The second-order valence-electron chi connectivity index (χ2n) is 12.0. The Kier molecular flexibility index (Phi) is 11.5. The van der Waals surface area contributed by atoms with Gasteiger partial charge in [-0.15, -0.1) is 0 Å². The molecule has 0 aromatic carbocycles. The monoisotopic (exact) mass is 658 g/mol. The number of carbonyl (C=O) groups excluding carboxylic acids is 2. The summed E-state index contributed by atoms with van der Waals surface area (Å²) in [5.74, 6) is 0.287. The number of aliphatic hydroxyl groups excluding tert-OH is 2. The van der Waals surface area contributed by atoms with Crippen molar-refractivity contribution in [2.24, 2.45) is 10.8 Å². The van der Waals surface area contributed by atoms with Crippen molar-refractivity contribution in [3.63, 3.8) is 0 Å². The predicted octanol–water partition coefficient (Wildman–Crippen LogP) is 3.74. The zero-order valence-electron chi connectivity index (χ0n) is 25.0. The molecule has 13 nitrogen and oxygen atoms in total. The van der Waals surface area contributed by atoms with Gasteiger partial charge in [0, 0.05) is 28.5 Å². The summed E-state index contributed by atoms with van der Waals surface area (Å²) in [6.07, 6.45) is -3.11. The van der Waals surface area contributed by atoms with E-state index in [4.69, 9.17) is 24.0 Å². The lowest BCUT2D eigenvalue weighted by Crippen LogP contribution is -2.45. The van der Waals surface area contributed by atoms with Crippen LogP contribution in [-0.2, 0) is 32.5 Å². The van der Waals surface area contributed by atoms with Crippen molar-refractivity contribution < 1.29 is 42.7 Å². The maximum atomic E-state index is 13.6. The van der Waals surface area contributed by atoms with Gasteiger partial charge in [0.25, 0.3) is 0 Å². The first-order chi connectivity index (χ1) is 19.9. The first-order valence-electron chi connectivity index (χ1n) is 13.5. The smallest absolute Gasteiger partial charge is 0.397 e. The number of nitrogens with zero attached hydrogens (tertiary/aromatic N) is 3. The molecule has 238 valence electrons. The van der Waals surface area contributed by atoms with Gasteiger partial charge in [0.15, 0.2) is 10.2 Å². The number of phosphoric acid groups is 1. The number of aliphatic hydroxyl groups is 2. The van der Waals surface area contributed by atoms with E-state index in [1.165, 1.54) is 10.7 Å². The van der Waals surface area contributed by atoms with Crippen molar-refractivity contribution in [2.45, 2.75) is 65.5 Å². The summed E-state index contributed by atoms with van der Waals surface area (Å²) < 4.78 is 37.4. The lowest BCUT2D eigenvalue weighted by molar-refractivity contribution is -0.118. The molecular weight excluding hydrogens is 619 g/mol. The third-order valence-electron chi connectivity index (χ3n) is 6.34. The zero-order chi connectivity index (χ0) is 32.2. The van der Waals surface area contributed by atoms with Gasteiger partial charge >= 0.3 is 7.82 Å². The van der Waals surface area contributed by atoms with E-state index in [0.717, 1.165) is 23.5 Å². The van der Waals surface area contributed by atoms with Crippen LogP contribution >= 0.6 is 31.3 Å². The minimum Gasteiger partial charge on any atom is -0.397 e. The average molecular weight is 659 g/mol. The number of anilines is 1. The Morgan fingerprint density at radius 3 is 2.14 bits per heavy atom. The molecular formula is C27H39N4O9PS2. The van der Waals surface area contributed by atoms with E-state index in [2.05, 4.69) is 5.10 Å². The molecule has 0 aliphatic carbocycles. The maximum absolute atomic E-state index is 13.6. The lowest BCUT2D eigenvalue weighted by atomic mass is 9.96. The van der Waals surface area contributed by atoms with Crippen molar-refractivity contribution in [1.29, 1.82) is 5.26 Å². The van der Waals surface area contributed by atoms with E-state index in [0.29, 0.717) is 16.9 Å². The summed E-state index contributed by atoms with van der Waals surface area (Å²) in [7, 11) is -4.41. The van der Waals surface area contributed by atoms with Crippen LogP contribution in [0, 0.1) is 22.2 Å². The highest BCUT2D eigenvalue weighted by molar-refractivity contribution is 8.14. The number of ether oxygens (including phenoxy) is 1. The molecule has 4 N–H and O–H groups in total. The van der Waals surface area contributed by atoms with Gasteiger partial charge in [-0.2, -0.15) is 10.4 Å². The average Bonchev–Trinajstić information content (AvgIpc) is 3.47. The largest absolute Gasteiger partial charge is 0.474 e. The van der Waals surface area contributed by atoms with Crippen molar-refractivity contribution >= 4 is 52.8 Å². The Morgan fingerprint density at radius 1 is 1.07 bits per heavy atom. The number of thioether (sulfide) groups is 2. The number of nitrogen functional groups attached to an aromatic ring is 1. The molecule has 0 unspecified atom stereocenters. The first kappa shape index (κ1) is 35.5. The number of hydrogen-bond acceptors (Lipinski definition) is 14. The molecule has 0 spiro atoms.